The standard InChI is InChI=1S/C11H16N2O5S/c1-7-8(12)4-3-5-10(7)19(16,17)13-6-9(14)11(15)18-2/h3-5,9,13-14H,6,12H2,1-2H3. The number of benzene rings is 1. The highest BCUT2D eigenvalue weighted by atomic mass is 32.2. The fraction of sp³-hybridized carbons (Fsp3) is 0.364. The number of rotatable bonds is 5. The topological polar surface area (TPSA) is 119 Å². The number of anilines is 1. The van der Waals surface area contributed by atoms with E-state index in [-0.39, 0.29) is 4.90 Å². The maximum Gasteiger partial charge on any atom is 0.336 e. The highest BCUT2D eigenvalue weighted by Gasteiger charge is 2.22. The Labute approximate surface area is 111 Å². The van der Waals surface area contributed by atoms with Crippen LogP contribution in [0.1, 0.15) is 5.56 Å². The van der Waals surface area contributed by atoms with Crippen LogP contribution in [0.4, 0.5) is 5.69 Å². The molecule has 0 aromatic heterocycles. The molecule has 1 atom stereocenters. The average Bonchev–Trinajstić information content (AvgIpc) is 2.38. The van der Waals surface area contributed by atoms with E-state index in [9.17, 15) is 18.3 Å². The Morgan fingerprint density at radius 2 is 2.16 bits per heavy atom. The Morgan fingerprint density at radius 1 is 1.53 bits per heavy atom. The maximum absolute atomic E-state index is 12.0. The van der Waals surface area contributed by atoms with E-state index in [4.69, 9.17) is 5.73 Å². The van der Waals surface area contributed by atoms with Crippen molar-refractivity contribution in [3.63, 3.8) is 0 Å². The highest BCUT2D eigenvalue weighted by molar-refractivity contribution is 7.89. The van der Waals surface area contributed by atoms with Crippen LogP contribution in [0.3, 0.4) is 0 Å². The lowest BCUT2D eigenvalue weighted by Crippen LogP contribution is -2.37. The van der Waals surface area contributed by atoms with Crippen LogP contribution in [-0.4, -0.2) is 39.3 Å². The van der Waals surface area contributed by atoms with E-state index in [1.54, 1.807) is 13.0 Å². The Balaban J connectivity index is 2.88. The molecule has 19 heavy (non-hydrogen) atoms. The zero-order valence-corrected chi connectivity index (χ0v) is 11.4. The molecule has 0 saturated carbocycles. The zero-order chi connectivity index (χ0) is 14.6. The highest BCUT2D eigenvalue weighted by Crippen LogP contribution is 2.20. The van der Waals surface area contributed by atoms with E-state index in [1.807, 2.05) is 0 Å². The van der Waals surface area contributed by atoms with Crippen molar-refractivity contribution in [2.24, 2.45) is 0 Å². The molecule has 0 fully saturated rings. The second kappa shape index (κ2) is 6.00. The molecule has 0 aliphatic heterocycles. The summed E-state index contributed by atoms with van der Waals surface area (Å²) in [5.41, 5.74) is 6.38. The average molecular weight is 288 g/mol. The summed E-state index contributed by atoms with van der Waals surface area (Å²) >= 11 is 0. The fourth-order valence-corrected chi connectivity index (χ4v) is 2.72. The Morgan fingerprint density at radius 3 is 2.74 bits per heavy atom. The van der Waals surface area contributed by atoms with Gasteiger partial charge in [0, 0.05) is 12.2 Å². The van der Waals surface area contributed by atoms with Gasteiger partial charge in [-0.2, -0.15) is 0 Å². The van der Waals surface area contributed by atoms with Crippen molar-refractivity contribution in [3.8, 4) is 0 Å². The van der Waals surface area contributed by atoms with Crippen LogP contribution >= 0.6 is 0 Å². The summed E-state index contributed by atoms with van der Waals surface area (Å²) in [5, 5.41) is 9.33. The minimum atomic E-state index is -3.85. The van der Waals surface area contributed by atoms with Gasteiger partial charge >= 0.3 is 5.97 Å². The predicted octanol–water partition coefficient (Wildman–Crippen LogP) is -0.611. The lowest BCUT2D eigenvalue weighted by molar-refractivity contribution is -0.149. The molecule has 1 rings (SSSR count). The third kappa shape index (κ3) is 3.66. The van der Waals surface area contributed by atoms with Crippen LogP contribution < -0.4 is 10.5 Å². The van der Waals surface area contributed by atoms with Gasteiger partial charge in [0.15, 0.2) is 6.10 Å². The van der Waals surface area contributed by atoms with Gasteiger partial charge in [0.05, 0.1) is 12.0 Å². The van der Waals surface area contributed by atoms with Gasteiger partial charge < -0.3 is 15.6 Å². The Bertz CT molecular complexity index is 570. The molecular weight excluding hydrogens is 272 g/mol. The van der Waals surface area contributed by atoms with Crippen LogP contribution in [0.15, 0.2) is 23.1 Å². The SMILES string of the molecule is COC(=O)C(O)CNS(=O)(=O)c1cccc(N)c1C. The minimum absolute atomic E-state index is 0.00423. The number of ether oxygens (including phenoxy) is 1. The molecule has 8 heteroatoms. The summed E-state index contributed by atoms with van der Waals surface area (Å²) in [7, 11) is -2.75. The van der Waals surface area contributed by atoms with Gasteiger partial charge in [0.2, 0.25) is 10.0 Å². The van der Waals surface area contributed by atoms with Gasteiger partial charge in [0.1, 0.15) is 0 Å². The fourth-order valence-electron chi connectivity index (χ4n) is 1.41. The van der Waals surface area contributed by atoms with Gasteiger partial charge in [-0.05, 0) is 24.6 Å². The molecule has 106 valence electrons. The van der Waals surface area contributed by atoms with Crippen LogP contribution in [0, 0.1) is 6.92 Å². The van der Waals surface area contributed by atoms with E-state index in [0.717, 1.165) is 7.11 Å². The molecule has 1 unspecified atom stereocenters. The first-order valence-electron chi connectivity index (χ1n) is 5.40. The van der Waals surface area contributed by atoms with E-state index in [1.165, 1.54) is 12.1 Å². The van der Waals surface area contributed by atoms with Gasteiger partial charge in [-0.15, -0.1) is 0 Å². The van der Waals surface area contributed by atoms with Crippen molar-refractivity contribution >= 4 is 21.7 Å². The number of carbonyl (C=O) groups is 1. The number of carbonyl (C=O) groups excluding carboxylic acids is 1. The van der Waals surface area contributed by atoms with Crippen LogP contribution in [0.5, 0.6) is 0 Å². The molecular formula is C11H16N2O5S. The molecule has 0 saturated heterocycles. The van der Waals surface area contributed by atoms with Crippen molar-refractivity contribution in [1.29, 1.82) is 0 Å². The first-order valence-corrected chi connectivity index (χ1v) is 6.88. The normalized spacial score (nSPS) is 13.0. The molecule has 0 radical (unpaired) electrons. The lowest BCUT2D eigenvalue weighted by Gasteiger charge is -2.12. The van der Waals surface area contributed by atoms with E-state index < -0.39 is 28.6 Å². The quantitative estimate of drug-likeness (QED) is 0.491. The monoisotopic (exact) mass is 288 g/mol. The molecule has 0 aliphatic rings. The van der Waals surface area contributed by atoms with Crippen molar-refractivity contribution in [2.75, 3.05) is 19.4 Å². The third-order valence-electron chi connectivity index (χ3n) is 2.56. The molecule has 1 aromatic carbocycles. The van der Waals surface area contributed by atoms with Crippen LogP contribution in [0.25, 0.3) is 0 Å². The van der Waals surface area contributed by atoms with Crippen LogP contribution in [-0.2, 0) is 19.6 Å². The summed E-state index contributed by atoms with van der Waals surface area (Å²) in [4.78, 5) is 11.0. The van der Waals surface area contributed by atoms with Gasteiger partial charge in [-0.3, -0.25) is 0 Å². The maximum atomic E-state index is 12.0. The number of aliphatic hydroxyl groups excluding tert-OH is 1. The number of sulfonamides is 1. The van der Waals surface area contributed by atoms with Crippen LogP contribution in [0.2, 0.25) is 0 Å². The molecule has 0 heterocycles. The number of aliphatic hydroxyl groups is 1. The number of nitrogens with two attached hydrogens (primary N) is 1. The second-order valence-electron chi connectivity index (χ2n) is 3.86. The Hall–Kier alpha value is -1.64. The number of nitrogen functional groups attached to an aromatic ring is 1. The summed E-state index contributed by atoms with van der Waals surface area (Å²) < 4.78 is 30.4. The van der Waals surface area contributed by atoms with Gasteiger partial charge in [-0.1, -0.05) is 6.07 Å². The molecule has 0 bridgehead atoms. The zero-order valence-electron chi connectivity index (χ0n) is 10.6. The molecule has 4 N–H and O–H groups in total. The molecule has 7 nitrogen and oxygen atoms in total. The first kappa shape index (κ1) is 15.4. The van der Waals surface area contributed by atoms with Crippen molar-refractivity contribution in [3.05, 3.63) is 23.8 Å². The smallest absolute Gasteiger partial charge is 0.336 e. The van der Waals surface area contributed by atoms with Crippen molar-refractivity contribution in [1.82, 2.24) is 4.72 Å². The van der Waals surface area contributed by atoms with E-state index >= 15 is 0 Å². The first-order chi connectivity index (χ1) is 8.79. The summed E-state index contributed by atoms with van der Waals surface area (Å²) in [6.07, 6.45) is -1.55. The number of hydrogen-bond acceptors (Lipinski definition) is 6. The molecule has 0 amide bonds. The predicted molar refractivity (Wildman–Crippen MR) is 68.8 cm³/mol. The second-order valence-corrected chi connectivity index (χ2v) is 5.60. The van der Waals surface area contributed by atoms with Gasteiger partial charge in [-0.25, -0.2) is 17.9 Å². The number of esters is 1. The Kier molecular flexibility index (Phi) is 4.87. The number of hydrogen-bond donors (Lipinski definition) is 3. The molecule has 0 aliphatic carbocycles. The lowest BCUT2D eigenvalue weighted by atomic mass is 10.2. The molecule has 0 spiro atoms. The van der Waals surface area contributed by atoms with Gasteiger partial charge in [0.25, 0.3) is 0 Å². The largest absolute Gasteiger partial charge is 0.467 e. The number of methoxy groups -OCH3 is 1. The third-order valence-corrected chi connectivity index (χ3v) is 4.12. The molecule has 1 aromatic rings. The number of nitrogens with one attached hydrogen (secondary N) is 1. The van der Waals surface area contributed by atoms with Crippen molar-refractivity contribution < 1.29 is 23.1 Å². The van der Waals surface area contributed by atoms with Crippen molar-refractivity contribution in [2.45, 2.75) is 17.9 Å². The summed E-state index contributed by atoms with van der Waals surface area (Å²) in [5.74, 6) is -0.910. The van der Waals surface area contributed by atoms with E-state index in [2.05, 4.69) is 9.46 Å². The minimum Gasteiger partial charge on any atom is -0.467 e. The van der Waals surface area contributed by atoms with E-state index in [0.29, 0.717) is 11.3 Å². The summed E-state index contributed by atoms with van der Waals surface area (Å²) in [6.45, 7) is 1.10. The summed E-state index contributed by atoms with van der Waals surface area (Å²) in [6, 6.07) is 4.48.